The predicted molar refractivity (Wildman–Crippen MR) is 154 cm³/mol. The van der Waals surface area contributed by atoms with Crippen molar-refractivity contribution in [2.24, 2.45) is 0 Å². The van der Waals surface area contributed by atoms with Gasteiger partial charge >= 0.3 is 6.09 Å². The van der Waals surface area contributed by atoms with E-state index in [1.165, 1.54) is 0 Å². The Hall–Kier alpha value is -2.12. The highest BCUT2D eigenvalue weighted by Gasteiger charge is 2.42. The standard InChI is InChI=1S/C28H40IN3O7/c1-17(29)25-24-21(36-12-7-11-35-6)14-19(15-22(24)39-30-25)18(2)32(20-8-9-20)26(33)23-16-31(10-13-37-23)27(34)38-28(3,4)5/h14-15,17-18,20,23H,7-13,16H2,1-6H3/t17?,18?,23-/m1/s1. The molecule has 1 saturated carbocycles. The topological polar surface area (TPSA) is 104 Å². The van der Waals surface area contributed by atoms with Crippen molar-refractivity contribution < 1.29 is 33.1 Å². The van der Waals surface area contributed by atoms with Gasteiger partial charge < -0.3 is 33.3 Å². The molecule has 2 amide bonds. The molecule has 0 spiro atoms. The molecule has 2 heterocycles. The fourth-order valence-electron chi connectivity index (χ4n) is 4.75. The van der Waals surface area contributed by atoms with Crippen molar-refractivity contribution >= 4 is 45.6 Å². The van der Waals surface area contributed by atoms with Crippen LogP contribution in [-0.2, 0) is 19.0 Å². The zero-order chi connectivity index (χ0) is 28.3. The summed E-state index contributed by atoms with van der Waals surface area (Å²) in [4.78, 5) is 30.0. The molecule has 2 fully saturated rings. The van der Waals surface area contributed by atoms with Crippen LogP contribution in [0.15, 0.2) is 16.7 Å². The van der Waals surface area contributed by atoms with Crippen LogP contribution >= 0.6 is 22.6 Å². The molecule has 1 saturated heterocycles. The van der Waals surface area contributed by atoms with Gasteiger partial charge in [-0.1, -0.05) is 27.7 Å². The third-order valence-corrected chi connectivity index (χ3v) is 7.39. The van der Waals surface area contributed by atoms with Crippen LogP contribution < -0.4 is 4.74 Å². The molecule has 39 heavy (non-hydrogen) atoms. The molecule has 2 aromatic rings. The molecule has 1 aliphatic heterocycles. The van der Waals surface area contributed by atoms with Gasteiger partial charge in [-0.2, -0.15) is 0 Å². The molecule has 0 bridgehead atoms. The number of carbonyl (C=O) groups excluding carboxylic acids is 2. The zero-order valence-corrected chi connectivity index (χ0v) is 25.9. The summed E-state index contributed by atoms with van der Waals surface area (Å²) in [5.74, 6) is 0.568. The number of aromatic nitrogens is 1. The van der Waals surface area contributed by atoms with Crippen molar-refractivity contribution in [1.29, 1.82) is 0 Å². The molecule has 0 radical (unpaired) electrons. The van der Waals surface area contributed by atoms with Crippen molar-refractivity contribution in [3.8, 4) is 5.75 Å². The monoisotopic (exact) mass is 657 g/mol. The largest absolute Gasteiger partial charge is 0.493 e. The summed E-state index contributed by atoms with van der Waals surface area (Å²) in [6, 6.07) is 3.81. The maximum Gasteiger partial charge on any atom is 0.410 e. The summed E-state index contributed by atoms with van der Waals surface area (Å²) in [5.41, 5.74) is 1.75. The van der Waals surface area contributed by atoms with E-state index in [1.54, 1.807) is 12.0 Å². The van der Waals surface area contributed by atoms with Crippen LogP contribution in [0.3, 0.4) is 0 Å². The Balaban J connectivity index is 1.58. The van der Waals surface area contributed by atoms with E-state index in [1.807, 2.05) is 44.7 Å². The molecular weight excluding hydrogens is 617 g/mol. The van der Waals surface area contributed by atoms with Gasteiger partial charge in [0.05, 0.1) is 35.1 Å². The lowest BCUT2D eigenvalue weighted by atomic mass is 10.0. The molecule has 1 aromatic heterocycles. The predicted octanol–water partition coefficient (Wildman–Crippen LogP) is 5.43. The number of hydrogen-bond acceptors (Lipinski definition) is 8. The van der Waals surface area contributed by atoms with Gasteiger partial charge in [0, 0.05) is 32.7 Å². The van der Waals surface area contributed by atoms with E-state index in [0.29, 0.717) is 31.1 Å². The average molecular weight is 658 g/mol. The molecule has 2 aliphatic rings. The van der Waals surface area contributed by atoms with E-state index < -0.39 is 17.8 Å². The Morgan fingerprint density at radius 1 is 1.23 bits per heavy atom. The maximum absolute atomic E-state index is 13.9. The van der Waals surface area contributed by atoms with Crippen molar-refractivity contribution in [2.75, 3.05) is 40.0 Å². The van der Waals surface area contributed by atoms with Gasteiger partial charge in [-0.3, -0.25) is 4.79 Å². The lowest BCUT2D eigenvalue weighted by Gasteiger charge is -2.38. The number of benzene rings is 1. The van der Waals surface area contributed by atoms with Crippen molar-refractivity contribution in [3.63, 3.8) is 0 Å². The number of methoxy groups -OCH3 is 1. The van der Waals surface area contributed by atoms with Gasteiger partial charge in [0.25, 0.3) is 5.91 Å². The van der Waals surface area contributed by atoms with E-state index in [0.717, 1.165) is 35.9 Å². The molecule has 1 aliphatic carbocycles. The first-order chi connectivity index (χ1) is 18.5. The molecule has 216 valence electrons. The van der Waals surface area contributed by atoms with Crippen LogP contribution in [0.5, 0.6) is 5.75 Å². The molecule has 10 nitrogen and oxygen atoms in total. The number of morpholine rings is 1. The molecule has 3 atom stereocenters. The second-order valence-corrected chi connectivity index (χ2v) is 13.1. The number of alkyl halides is 1. The van der Waals surface area contributed by atoms with Crippen molar-refractivity contribution in [1.82, 2.24) is 15.0 Å². The van der Waals surface area contributed by atoms with Gasteiger partial charge in [-0.25, -0.2) is 4.79 Å². The number of rotatable bonds is 10. The molecule has 1 aromatic carbocycles. The summed E-state index contributed by atoms with van der Waals surface area (Å²) >= 11 is 2.32. The lowest BCUT2D eigenvalue weighted by molar-refractivity contribution is -0.151. The third-order valence-electron chi connectivity index (χ3n) is 6.80. The Bertz CT molecular complexity index is 1160. The number of ether oxygens (including phenoxy) is 4. The molecule has 4 rings (SSSR count). The highest BCUT2D eigenvalue weighted by atomic mass is 127. The summed E-state index contributed by atoms with van der Waals surface area (Å²) in [7, 11) is 1.67. The average Bonchev–Trinajstić information content (AvgIpc) is 3.61. The lowest BCUT2D eigenvalue weighted by Crippen LogP contribution is -2.54. The highest BCUT2D eigenvalue weighted by molar-refractivity contribution is 14.1. The normalized spacial score (nSPS) is 19.6. The van der Waals surface area contributed by atoms with Crippen LogP contribution in [0, 0.1) is 0 Å². The van der Waals surface area contributed by atoms with E-state index >= 15 is 0 Å². The smallest absolute Gasteiger partial charge is 0.410 e. The highest BCUT2D eigenvalue weighted by Crippen LogP contribution is 2.41. The second-order valence-electron chi connectivity index (χ2n) is 11.2. The number of halogens is 1. The quantitative estimate of drug-likeness (QED) is 0.190. The van der Waals surface area contributed by atoms with Gasteiger partial charge in [-0.05, 0) is 65.2 Å². The van der Waals surface area contributed by atoms with Gasteiger partial charge in [0.2, 0.25) is 0 Å². The molecular formula is C28H40IN3O7. The first kappa shape index (κ1) is 29.9. The summed E-state index contributed by atoms with van der Waals surface area (Å²) < 4.78 is 28.7. The Kier molecular flexibility index (Phi) is 9.64. The molecule has 2 unspecified atom stereocenters. The van der Waals surface area contributed by atoms with Crippen LogP contribution in [0.25, 0.3) is 11.0 Å². The second kappa shape index (κ2) is 12.6. The van der Waals surface area contributed by atoms with E-state index in [9.17, 15) is 9.59 Å². The minimum atomic E-state index is -0.750. The number of carbonyl (C=O) groups is 2. The van der Waals surface area contributed by atoms with Crippen LogP contribution in [0.4, 0.5) is 4.79 Å². The van der Waals surface area contributed by atoms with E-state index in [-0.39, 0.29) is 35.1 Å². The molecule has 0 N–H and O–H groups in total. The van der Waals surface area contributed by atoms with Crippen LogP contribution in [-0.4, -0.2) is 84.7 Å². The van der Waals surface area contributed by atoms with Crippen LogP contribution in [0.2, 0.25) is 0 Å². The van der Waals surface area contributed by atoms with Gasteiger partial charge in [0.15, 0.2) is 11.7 Å². The minimum absolute atomic E-state index is 0.120. The summed E-state index contributed by atoms with van der Waals surface area (Å²) in [5, 5.41) is 5.17. The SMILES string of the molecule is COCCCOc1cc(C(C)N(C(=O)[C@H]2CN(C(=O)OC(C)(C)C)CCO2)C2CC2)cc2onc(C(C)I)c12. The van der Waals surface area contributed by atoms with E-state index in [2.05, 4.69) is 34.7 Å². The van der Waals surface area contributed by atoms with Gasteiger partial charge in [-0.15, -0.1) is 0 Å². The van der Waals surface area contributed by atoms with Crippen LogP contribution in [0.1, 0.15) is 75.1 Å². The Morgan fingerprint density at radius 2 is 1.97 bits per heavy atom. The first-order valence-corrected chi connectivity index (χ1v) is 14.9. The third kappa shape index (κ3) is 7.35. The maximum atomic E-state index is 13.9. The zero-order valence-electron chi connectivity index (χ0n) is 23.7. The fourth-order valence-corrected chi connectivity index (χ4v) is 5.17. The Morgan fingerprint density at radius 3 is 2.62 bits per heavy atom. The minimum Gasteiger partial charge on any atom is -0.493 e. The number of amides is 2. The van der Waals surface area contributed by atoms with Crippen molar-refractivity contribution in [2.45, 2.75) is 81.6 Å². The van der Waals surface area contributed by atoms with E-state index in [4.69, 9.17) is 23.5 Å². The Labute approximate surface area is 243 Å². The summed E-state index contributed by atoms with van der Waals surface area (Å²) in [6.07, 6.45) is 1.43. The first-order valence-electron chi connectivity index (χ1n) is 13.6. The van der Waals surface area contributed by atoms with Gasteiger partial charge in [0.1, 0.15) is 17.0 Å². The number of hydrogen-bond donors (Lipinski definition) is 0. The van der Waals surface area contributed by atoms with Crippen molar-refractivity contribution in [3.05, 3.63) is 23.4 Å². The number of nitrogens with zero attached hydrogens (tertiary/aromatic N) is 3. The molecule has 11 heteroatoms. The summed E-state index contributed by atoms with van der Waals surface area (Å²) in [6.45, 7) is 11.5. The number of fused-ring (bicyclic) bond motifs is 1. The fraction of sp³-hybridized carbons (Fsp3) is 0.679.